The highest BCUT2D eigenvalue weighted by Crippen LogP contribution is 2.31. The predicted molar refractivity (Wildman–Crippen MR) is 102 cm³/mol. The van der Waals surface area contributed by atoms with E-state index in [1.165, 1.54) is 43.9 Å². The molecule has 0 radical (unpaired) electrons. The molecule has 0 unspecified atom stereocenters. The summed E-state index contributed by atoms with van der Waals surface area (Å²) in [5.41, 5.74) is 0.947. The Balaban J connectivity index is 2.12. The molecule has 0 aliphatic rings. The van der Waals surface area contributed by atoms with Gasteiger partial charge in [-0.3, -0.25) is 4.55 Å². The zero-order chi connectivity index (χ0) is 19.0. The molecule has 142 valence electrons. The molecule has 0 fully saturated rings. The number of phenols is 1. The molecule has 0 aliphatic heterocycles. The molecule has 0 saturated heterocycles. The first-order chi connectivity index (χ1) is 12.4. The van der Waals surface area contributed by atoms with Crippen molar-refractivity contribution in [3.63, 3.8) is 0 Å². The molecule has 2 aromatic carbocycles. The second kappa shape index (κ2) is 9.59. The Morgan fingerprint density at radius 1 is 0.962 bits per heavy atom. The molecule has 26 heavy (non-hydrogen) atoms. The number of rotatable bonds is 10. The summed E-state index contributed by atoms with van der Waals surface area (Å²) < 4.78 is 38.3. The van der Waals surface area contributed by atoms with Gasteiger partial charge in [0.15, 0.2) is 0 Å². The van der Waals surface area contributed by atoms with Gasteiger partial charge in [0.2, 0.25) is 0 Å². The zero-order valence-electron chi connectivity index (χ0n) is 15.0. The summed E-state index contributed by atoms with van der Waals surface area (Å²) in [6, 6.07) is 10.8. The second-order valence-corrected chi connectivity index (χ2v) is 7.76. The minimum Gasteiger partial charge on any atom is -0.508 e. The van der Waals surface area contributed by atoms with Crippen LogP contribution in [0.1, 0.15) is 51.0 Å². The van der Waals surface area contributed by atoms with Crippen molar-refractivity contribution < 1.29 is 22.8 Å². The summed E-state index contributed by atoms with van der Waals surface area (Å²) in [4.78, 5) is -0.285. The fraction of sp³-hybridized carbons (Fsp3) is 0.400. The van der Waals surface area contributed by atoms with E-state index in [2.05, 4.69) is 6.92 Å². The van der Waals surface area contributed by atoms with Crippen LogP contribution in [0, 0.1) is 0 Å². The first-order valence-electron chi connectivity index (χ1n) is 8.97. The van der Waals surface area contributed by atoms with E-state index in [1.807, 2.05) is 0 Å². The van der Waals surface area contributed by atoms with Gasteiger partial charge in [-0.1, -0.05) is 51.2 Å². The molecule has 2 N–H and O–H groups in total. The molecule has 0 aromatic heterocycles. The molecule has 5 nitrogen and oxygen atoms in total. The number of phenolic OH excluding ortho intramolecular Hbond substituents is 1. The predicted octanol–water partition coefficient (Wildman–Crippen LogP) is 5.33. The number of unbranched alkanes of at least 4 members (excludes halogenated alkanes) is 5. The van der Waals surface area contributed by atoms with Crippen LogP contribution in [0.15, 0.2) is 47.4 Å². The Labute approximate surface area is 155 Å². The zero-order valence-corrected chi connectivity index (χ0v) is 15.8. The van der Waals surface area contributed by atoms with Gasteiger partial charge in [-0.25, -0.2) is 0 Å². The van der Waals surface area contributed by atoms with Gasteiger partial charge in [0.05, 0.1) is 0 Å². The maximum absolute atomic E-state index is 11.6. The van der Waals surface area contributed by atoms with Crippen molar-refractivity contribution in [3.8, 4) is 17.2 Å². The molecule has 0 atom stereocenters. The van der Waals surface area contributed by atoms with Crippen molar-refractivity contribution in [2.75, 3.05) is 0 Å². The van der Waals surface area contributed by atoms with E-state index in [0.717, 1.165) is 24.8 Å². The number of ether oxygens (including phenoxy) is 1. The summed E-state index contributed by atoms with van der Waals surface area (Å²) in [6.07, 6.45) is 7.86. The summed E-state index contributed by atoms with van der Waals surface area (Å²) in [7, 11) is -4.40. The van der Waals surface area contributed by atoms with Crippen molar-refractivity contribution in [1.29, 1.82) is 0 Å². The van der Waals surface area contributed by atoms with E-state index in [-0.39, 0.29) is 16.4 Å². The third-order valence-corrected chi connectivity index (χ3v) is 5.04. The van der Waals surface area contributed by atoms with Gasteiger partial charge in [0.1, 0.15) is 22.1 Å². The van der Waals surface area contributed by atoms with Crippen molar-refractivity contribution >= 4 is 10.1 Å². The number of aromatic hydroxyl groups is 1. The van der Waals surface area contributed by atoms with E-state index in [9.17, 15) is 18.1 Å². The fourth-order valence-electron chi connectivity index (χ4n) is 2.78. The second-order valence-electron chi connectivity index (χ2n) is 6.37. The molecular weight excluding hydrogens is 352 g/mol. The summed E-state index contributed by atoms with van der Waals surface area (Å²) in [6.45, 7) is 2.19. The smallest absolute Gasteiger partial charge is 0.298 e. The third-order valence-electron chi connectivity index (χ3n) is 4.15. The molecule has 0 amide bonds. The fourth-order valence-corrected chi connectivity index (χ4v) is 3.38. The van der Waals surface area contributed by atoms with Gasteiger partial charge >= 0.3 is 0 Å². The van der Waals surface area contributed by atoms with Crippen LogP contribution in [0.3, 0.4) is 0 Å². The van der Waals surface area contributed by atoms with Gasteiger partial charge < -0.3 is 9.84 Å². The molecule has 0 heterocycles. The topological polar surface area (TPSA) is 83.8 Å². The van der Waals surface area contributed by atoms with Gasteiger partial charge in [-0.15, -0.1) is 0 Å². The van der Waals surface area contributed by atoms with Crippen LogP contribution in [0.2, 0.25) is 0 Å². The van der Waals surface area contributed by atoms with Crippen LogP contribution in [0.25, 0.3) is 0 Å². The van der Waals surface area contributed by atoms with Gasteiger partial charge in [0, 0.05) is 6.07 Å². The Hall–Kier alpha value is -2.05. The Morgan fingerprint density at radius 2 is 1.69 bits per heavy atom. The highest BCUT2D eigenvalue weighted by Gasteiger charge is 2.18. The van der Waals surface area contributed by atoms with Gasteiger partial charge in [-0.2, -0.15) is 8.42 Å². The van der Waals surface area contributed by atoms with E-state index < -0.39 is 10.1 Å². The molecule has 2 aromatic rings. The number of benzene rings is 2. The van der Waals surface area contributed by atoms with Gasteiger partial charge in [0.25, 0.3) is 10.1 Å². The summed E-state index contributed by atoms with van der Waals surface area (Å²) >= 11 is 0. The van der Waals surface area contributed by atoms with E-state index >= 15 is 0 Å². The summed E-state index contributed by atoms with van der Waals surface area (Å²) in [5.74, 6) is 0.368. The highest BCUT2D eigenvalue weighted by molar-refractivity contribution is 7.86. The Bertz CT molecular complexity index is 815. The van der Waals surface area contributed by atoms with E-state index in [4.69, 9.17) is 4.74 Å². The van der Waals surface area contributed by atoms with Crippen LogP contribution < -0.4 is 4.74 Å². The molecule has 0 aliphatic carbocycles. The van der Waals surface area contributed by atoms with Crippen molar-refractivity contribution in [2.24, 2.45) is 0 Å². The Kier molecular flexibility index (Phi) is 7.48. The lowest BCUT2D eigenvalue weighted by atomic mass is 10.0. The maximum Gasteiger partial charge on any atom is 0.298 e. The number of hydrogen-bond acceptors (Lipinski definition) is 4. The Morgan fingerprint density at radius 3 is 2.38 bits per heavy atom. The van der Waals surface area contributed by atoms with Gasteiger partial charge in [-0.05, 0) is 42.7 Å². The van der Waals surface area contributed by atoms with E-state index in [0.29, 0.717) is 5.75 Å². The maximum atomic E-state index is 11.6. The molecule has 6 heteroatoms. The minimum atomic E-state index is -4.40. The first kappa shape index (κ1) is 20.3. The average Bonchev–Trinajstić information content (AvgIpc) is 2.57. The van der Waals surface area contributed by atoms with Crippen molar-refractivity contribution in [2.45, 2.75) is 56.8 Å². The SMILES string of the molecule is CCCCCCCCc1ccc(S(=O)(=O)O)c(Oc2cccc(O)c2)c1. The van der Waals surface area contributed by atoms with Crippen LogP contribution in [0.4, 0.5) is 0 Å². The number of aryl methyl sites for hydroxylation is 1. The van der Waals surface area contributed by atoms with Crippen LogP contribution in [-0.2, 0) is 16.5 Å². The molecule has 0 bridgehead atoms. The average molecular weight is 378 g/mol. The van der Waals surface area contributed by atoms with Crippen molar-refractivity contribution in [3.05, 3.63) is 48.0 Å². The quantitative estimate of drug-likeness (QED) is 0.431. The monoisotopic (exact) mass is 378 g/mol. The standard InChI is InChI=1S/C20H26O5S/c1-2-3-4-5-6-7-9-16-12-13-20(26(22,23)24)19(14-16)25-18-11-8-10-17(21)15-18/h8,10-15,21H,2-7,9H2,1H3,(H,22,23,24). The first-order valence-corrected chi connectivity index (χ1v) is 10.4. The molecular formula is C20H26O5S. The van der Waals surface area contributed by atoms with Crippen molar-refractivity contribution in [1.82, 2.24) is 0 Å². The minimum absolute atomic E-state index is 0.0131. The molecule has 0 saturated carbocycles. The molecule has 0 spiro atoms. The number of hydrogen-bond donors (Lipinski definition) is 2. The summed E-state index contributed by atoms with van der Waals surface area (Å²) in [5, 5.41) is 9.53. The van der Waals surface area contributed by atoms with E-state index in [1.54, 1.807) is 24.3 Å². The largest absolute Gasteiger partial charge is 0.508 e. The third kappa shape index (κ3) is 6.35. The lowest BCUT2D eigenvalue weighted by Gasteiger charge is -2.12. The van der Waals surface area contributed by atoms with Crippen LogP contribution >= 0.6 is 0 Å². The highest BCUT2D eigenvalue weighted by atomic mass is 32.2. The lowest BCUT2D eigenvalue weighted by molar-refractivity contribution is 0.440. The van der Waals surface area contributed by atoms with Crippen LogP contribution in [0.5, 0.6) is 17.2 Å². The molecule has 2 rings (SSSR count). The van der Waals surface area contributed by atoms with Crippen LogP contribution in [-0.4, -0.2) is 18.1 Å². The normalized spacial score (nSPS) is 11.5. The lowest BCUT2D eigenvalue weighted by Crippen LogP contribution is -2.02.